The number of hydrogen-bond acceptors (Lipinski definition) is 4. The molecular weight excluding hydrogens is 250 g/mol. The van der Waals surface area contributed by atoms with E-state index >= 15 is 0 Å². The van der Waals surface area contributed by atoms with E-state index in [-0.39, 0.29) is 0 Å². The second-order valence-electron chi connectivity index (χ2n) is 5.81. The molecule has 0 radical (unpaired) electrons. The van der Waals surface area contributed by atoms with Crippen LogP contribution in [0.1, 0.15) is 48.6 Å². The molecule has 0 unspecified atom stereocenters. The number of rotatable bonds is 2. The SMILES string of the molecule is c1cc2c(c(-c3nc(C4CCCC4)no3)c1)CCNC2. The van der Waals surface area contributed by atoms with Crippen LogP contribution in [0.5, 0.6) is 0 Å². The Kier molecular flexibility index (Phi) is 3.03. The van der Waals surface area contributed by atoms with Crippen molar-refractivity contribution in [1.29, 1.82) is 0 Å². The number of nitrogens with zero attached hydrogens (tertiary/aromatic N) is 2. The maximum absolute atomic E-state index is 5.55. The van der Waals surface area contributed by atoms with Gasteiger partial charge in [-0.1, -0.05) is 30.1 Å². The standard InChI is InChI=1S/C16H19N3O/c1-2-5-11(4-1)15-18-16(20-19-15)14-7-3-6-12-10-17-9-8-13(12)14/h3,6-7,11,17H,1-2,4-5,8-10H2. The van der Waals surface area contributed by atoms with Gasteiger partial charge in [-0.15, -0.1) is 0 Å². The Morgan fingerprint density at radius 3 is 3.00 bits per heavy atom. The predicted molar refractivity (Wildman–Crippen MR) is 76.4 cm³/mol. The van der Waals surface area contributed by atoms with Crippen molar-refractivity contribution in [2.24, 2.45) is 0 Å². The summed E-state index contributed by atoms with van der Waals surface area (Å²) in [5.41, 5.74) is 3.85. The second-order valence-corrected chi connectivity index (χ2v) is 5.81. The molecule has 4 nitrogen and oxygen atoms in total. The van der Waals surface area contributed by atoms with E-state index < -0.39 is 0 Å². The normalized spacial score (nSPS) is 19.2. The van der Waals surface area contributed by atoms with Crippen LogP contribution in [0.15, 0.2) is 22.7 Å². The van der Waals surface area contributed by atoms with E-state index in [1.807, 2.05) is 0 Å². The lowest BCUT2D eigenvalue weighted by Crippen LogP contribution is -2.24. The van der Waals surface area contributed by atoms with Crippen molar-refractivity contribution in [3.05, 3.63) is 35.2 Å². The summed E-state index contributed by atoms with van der Waals surface area (Å²) in [6, 6.07) is 6.37. The van der Waals surface area contributed by atoms with Gasteiger partial charge in [0, 0.05) is 18.0 Å². The van der Waals surface area contributed by atoms with Crippen molar-refractivity contribution in [2.45, 2.75) is 44.6 Å². The van der Waals surface area contributed by atoms with Crippen molar-refractivity contribution < 1.29 is 4.52 Å². The fraction of sp³-hybridized carbons (Fsp3) is 0.500. The smallest absolute Gasteiger partial charge is 0.258 e. The first kappa shape index (κ1) is 12.1. The molecule has 1 aliphatic heterocycles. The topological polar surface area (TPSA) is 51.0 Å². The Hall–Kier alpha value is -1.68. The first-order valence-electron chi connectivity index (χ1n) is 7.57. The maximum Gasteiger partial charge on any atom is 0.258 e. The third-order valence-corrected chi connectivity index (χ3v) is 4.53. The Bertz CT molecular complexity index is 614. The summed E-state index contributed by atoms with van der Waals surface area (Å²) in [7, 11) is 0. The first-order chi connectivity index (χ1) is 9.92. The Balaban J connectivity index is 1.70. The quantitative estimate of drug-likeness (QED) is 0.910. The van der Waals surface area contributed by atoms with Crippen molar-refractivity contribution >= 4 is 0 Å². The monoisotopic (exact) mass is 269 g/mol. The molecule has 0 saturated heterocycles. The molecule has 2 aliphatic rings. The maximum atomic E-state index is 5.55. The first-order valence-corrected chi connectivity index (χ1v) is 7.57. The summed E-state index contributed by atoms with van der Waals surface area (Å²) in [5, 5.41) is 7.62. The molecule has 0 bridgehead atoms. The number of hydrogen-bond donors (Lipinski definition) is 1. The van der Waals surface area contributed by atoms with E-state index in [4.69, 9.17) is 4.52 Å². The summed E-state index contributed by atoms with van der Waals surface area (Å²) in [5.74, 6) is 2.11. The molecule has 4 rings (SSSR count). The third-order valence-electron chi connectivity index (χ3n) is 4.53. The molecule has 1 fully saturated rings. The van der Waals surface area contributed by atoms with Gasteiger partial charge in [-0.05, 0) is 43.0 Å². The molecule has 104 valence electrons. The Labute approximate surface area is 118 Å². The molecule has 1 aromatic heterocycles. The van der Waals surface area contributed by atoms with Crippen LogP contribution in [0.25, 0.3) is 11.5 Å². The Morgan fingerprint density at radius 1 is 1.20 bits per heavy atom. The van der Waals surface area contributed by atoms with Gasteiger partial charge < -0.3 is 9.84 Å². The zero-order chi connectivity index (χ0) is 13.4. The fourth-order valence-electron chi connectivity index (χ4n) is 3.43. The lowest BCUT2D eigenvalue weighted by atomic mass is 9.95. The fourth-order valence-corrected chi connectivity index (χ4v) is 3.43. The van der Waals surface area contributed by atoms with Gasteiger partial charge in [0.1, 0.15) is 0 Å². The van der Waals surface area contributed by atoms with Crippen LogP contribution < -0.4 is 5.32 Å². The number of fused-ring (bicyclic) bond motifs is 1. The molecule has 1 saturated carbocycles. The van der Waals surface area contributed by atoms with Crippen LogP contribution in [0.2, 0.25) is 0 Å². The van der Waals surface area contributed by atoms with Crippen LogP contribution in [0.3, 0.4) is 0 Å². The highest BCUT2D eigenvalue weighted by atomic mass is 16.5. The molecule has 0 amide bonds. The van der Waals surface area contributed by atoms with Crippen molar-refractivity contribution in [2.75, 3.05) is 6.54 Å². The summed E-state index contributed by atoms with van der Waals surface area (Å²) in [6.07, 6.45) is 6.03. The van der Waals surface area contributed by atoms with Gasteiger partial charge in [0.05, 0.1) is 0 Å². The summed E-state index contributed by atoms with van der Waals surface area (Å²) in [4.78, 5) is 4.67. The molecular formula is C16H19N3O. The second kappa shape index (κ2) is 5.02. The average molecular weight is 269 g/mol. The van der Waals surface area contributed by atoms with Crippen molar-refractivity contribution in [3.63, 3.8) is 0 Å². The lowest BCUT2D eigenvalue weighted by molar-refractivity contribution is 0.415. The summed E-state index contributed by atoms with van der Waals surface area (Å²) >= 11 is 0. The van der Waals surface area contributed by atoms with E-state index in [2.05, 4.69) is 33.7 Å². The van der Waals surface area contributed by atoms with Crippen LogP contribution in [0.4, 0.5) is 0 Å². The molecule has 1 aromatic carbocycles. The molecule has 4 heteroatoms. The Morgan fingerprint density at radius 2 is 2.10 bits per heavy atom. The van der Waals surface area contributed by atoms with E-state index in [0.717, 1.165) is 30.9 Å². The van der Waals surface area contributed by atoms with Crippen LogP contribution in [-0.2, 0) is 13.0 Å². The predicted octanol–water partition coefficient (Wildman–Crippen LogP) is 3.04. The summed E-state index contributed by atoms with van der Waals surface area (Å²) in [6.45, 7) is 1.96. The minimum atomic E-state index is 0.508. The van der Waals surface area contributed by atoms with Gasteiger partial charge >= 0.3 is 0 Å². The number of benzene rings is 1. The lowest BCUT2D eigenvalue weighted by Gasteiger charge is -2.18. The zero-order valence-electron chi connectivity index (χ0n) is 11.6. The molecule has 2 heterocycles. The van der Waals surface area contributed by atoms with E-state index in [1.54, 1.807) is 0 Å². The highest BCUT2D eigenvalue weighted by molar-refractivity contribution is 5.61. The van der Waals surface area contributed by atoms with E-state index in [0.29, 0.717) is 11.8 Å². The van der Waals surface area contributed by atoms with Crippen LogP contribution in [0, 0.1) is 0 Å². The highest BCUT2D eigenvalue weighted by Gasteiger charge is 2.24. The molecule has 1 N–H and O–H groups in total. The highest BCUT2D eigenvalue weighted by Crippen LogP contribution is 2.34. The largest absolute Gasteiger partial charge is 0.334 e. The average Bonchev–Trinajstić information content (AvgIpc) is 3.17. The van der Waals surface area contributed by atoms with Gasteiger partial charge in [0.25, 0.3) is 5.89 Å². The van der Waals surface area contributed by atoms with Gasteiger partial charge in [-0.2, -0.15) is 4.98 Å². The molecule has 2 aromatic rings. The van der Waals surface area contributed by atoms with Gasteiger partial charge in [-0.3, -0.25) is 0 Å². The van der Waals surface area contributed by atoms with E-state index in [1.165, 1.54) is 36.8 Å². The van der Waals surface area contributed by atoms with Crippen LogP contribution in [-0.4, -0.2) is 16.7 Å². The zero-order valence-corrected chi connectivity index (χ0v) is 11.6. The van der Waals surface area contributed by atoms with E-state index in [9.17, 15) is 0 Å². The molecule has 1 aliphatic carbocycles. The number of nitrogens with one attached hydrogen (secondary N) is 1. The van der Waals surface area contributed by atoms with Crippen molar-refractivity contribution in [3.8, 4) is 11.5 Å². The van der Waals surface area contributed by atoms with Gasteiger partial charge in [-0.25, -0.2) is 0 Å². The molecule has 20 heavy (non-hydrogen) atoms. The van der Waals surface area contributed by atoms with Gasteiger partial charge in [0.2, 0.25) is 0 Å². The third kappa shape index (κ3) is 2.04. The van der Waals surface area contributed by atoms with Crippen LogP contribution >= 0.6 is 0 Å². The minimum absolute atomic E-state index is 0.508. The minimum Gasteiger partial charge on any atom is -0.334 e. The summed E-state index contributed by atoms with van der Waals surface area (Å²) < 4.78 is 5.55. The van der Waals surface area contributed by atoms with Gasteiger partial charge in [0.15, 0.2) is 5.82 Å². The number of aromatic nitrogens is 2. The molecule has 0 atom stereocenters. The van der Waals surface area contributed by atoms with Crippen molar-refractivity contribution in [1.82, 2.24) is 15.5 Å². The molecule has 0 spiro atoms.